The lowest BCUT2D eigenvalue weighted by molar-refractivity contribution is -0.235. The number of aliphatic hydroxyl groups excluding tert-OH is 3. The smallest absolute Gasteiger partial charge is 0.255 e. The molecule has 34 heavy (non-hydrogen) atoms. The molecule has 2 heterocycles. The zero-order valence-corrected chi connectivity index (χ0v) is 17.8. The fraction of sp³-hybridized carbons (Fsp3) is 0.318. The number of carbonyl (C=O) groups is 1. The van der Waals surface area contributed by atoms with E-state index in [9.17, 15) is 33.3 Å². The van der Waals surface area contributed by atoms with Crippen molar-refractivity contribution >= 4 is 5.91 Å². The van der Waals surface area contributed by atoms with Crippen molar-refractivity contribution in [2.45, 2.75) is 30.6 Å². The molecule has 5 atom stereocenters. The highest BCUT2D eigenvalue weighted by molar-refractivity contribution is 5.94. The monoisotopic (exact) mass is 478 g/mol. The van der Waals surface area contributed by atoms with Crippen molar-refractivity contribution in [3.05, 3.63) is 71.7 Å². The quantitative estimate of drug-likeness (QED) is 0.503. The zero-order chi connectivity index (χ0) is 24.6. The van der Waals surface area contributed by atoms with Crippen molar-refractivity contribution in [3.8, 4) is 11.3 Å². The van der Waals surface area contributed by atoms with Gasteiger partial charge in [0.1, 0.15) is 35.9 Å². The van der Waals surface area contributed by atoms with Gasteiger partial charge >= 0.3 is 0 Å². The molecular formula is C22H21F3N4O5. The first-order chi connectivity index (χ1) is 16.2. The summed E-state index contributed by atoms with van der Waals surface area (Å²) >= 11 is 0. The highest BCUT2D eigenvalue weighted by Gasteiger charge is 2.48. The molecule has 1 aromatic heterocycles. The van der Waals surface area contributed by atoms with Gasteiger partial charge in [-0.3, -0.25) is 4.79 Å². The highest BCUT2D eigenvalue weighted by atomic mass is 19.2. The third-order valence-corrected chi connectivity index (χ3v) is 5.67. The molecule has 1 aliphatic rings. The molecule has 1 saturated heterocycles. The lowest BCUT2D eigenvalue weighted by Gasteiger charge is -2.45. The number of nitrogens with zero attached hydrogens (tertiary/aromatic N) is 4. The second-order valence-corrected chi connectivity index (χ2v) is 7.86. The van der Waals surface area contributed by atoms with Gasteiger partial charge in [0.2, 0.25) is 0 Å². The molecule has 0 bridgehead atoms. The summed E-state index contributed by atoms with van der Waals surface area (Å²) in [6.45, 7) is -0.653. The van der Waals surface area contributed by atoms with E-state index in [1.165, 1.54) is 31.4 Å². The number of hydrogen-bond donors (Lipinski definition) is 3. The second kappa shape index (κ2) is 9.50. The number of ether oxygens (including phenoxy) is 1. The molecule has 3 unspecified atom stereocenters. The number of rotatable bonds is 5. The normalized spacial score (nSPS) is 24.7. The predicted molar refractivity (Wildman–Crippen MR) is 111 cm³/mol. The van der Waals surface area contributed by atoms with Gasteiger partial charge in [-0.15, -0.1) is 5.10 Å². The Kier molecular flexibility index (Phi) is 6.66. The second-order valence-electron chi connectivity index (χ2n) is 7.86. The Bertz CT molecular complexity index is 1190. The third-order valence-electron chi connectivity index (χ3n) is 5.67. The molecule has 0 spiro atoms. The van der Waals surface area contributed by atoms with Crippen molar-refractivity contribution in [3.63, 3.8) is 0 Å². The Morgan fingerprint density at radius 3 is 2.56 bits per heavy atom. The largest absolute Gasteiger partial charge is 0.394 e. The van der Waals surface area contributed by atoms with E-state index >= 15 is 0 Å². The van der Waals surface area contributed by atoms with Gasteiger partial charge in [-0.1, -0.05) is 17.3 Å². The molecule has 2 aromatic carbocycles. The van der Waals surface area contributed by atoms with Gasteiger partial charge in [-0.05, 0) is 30.3 Å². The summed E-state index contributed by atoms with van der Waals surface area (Å²) in [6.07, 6.45) is -4.27. The Balaban J connectivity index is 1.63. The number of halogens is 3. The summed E-state index contributed by atoms with van der Waals surface area (Å²) in [5, 5.41) is 39.3. The van der Waals surface area contributed by atoms with Crippen LogP contribution in [0.25, 0.3) is 11.3 Å². The third kappa shape index (κ3) is 4.40. The Morgan fingerprint density at radius 2 is 1.88 bits per heavy atom. The first-order valence-corrected chi connectivity index (χ1v) is 10.2. The fourth-order valence-electron chi connectivity index (χ4n) is 3.87. The topological polar surface area (TPSA) is 121 Å². The summed E-state index contributed by atoms with van der Waals surface area (Å²) < 4.78 is 47.1. The van der Waals surface area contributed by atoms with E-state index in [-0.39, 0.29) is 11.3 Å². The average Bonchev–Trinajstić information content (AvgIpc) is 3.30. The van der Waals surface area contributed by atoms with E-state index in [1.807, 2.05) is 0 Å². The number of likely N-dealkylation sites (N-methyl/N-ethyl adjacent to an activating group) is 1. The van der Waals surface area contributed by atoms with Gasteiger partial charge in [0.15, 0.2) is 17.9 Å². The summed E-state index contributed by atoms with van der Waals surface area (Å²) in [5.41, 5.74) is 0.464. The molecule has 4 rings (SSSR count). The maximum atomic E-state index is 13.6. The summed E-state index contributed by atoms with van der Waals surface area (Å²) in [6, 6.07) is 6.94. The Labute approximate surface area is 191 Å². The van der Waals surface area contributed by atoms with Crippen LogP contribution >= 0.6 is 0 Å². The summed E-state index contributed by atoms with van der Waals surface area (Å²) in [4.78, 5) is 13.8. The van der Waals surface area contributed by atoms with Crippen molar-refractivity contribution < 1.29 is 38.0 Å². The lowest BCUT2D eigenvalue weighted by Crippen LogP contribution is -2.61. The summed E-state index contributed by atoms with van der Waals surface area (Å²) in [5.74, 6) is -3.64. The highest BCUT2D eigenvalue weighted by Crippen LogP contribution is 2.32. The minimum Gasteiger partial charge on any atom is -0.394 e. The number of carbonyl (C=O) groups excluding carboxylic acids is 1. The minimum atomic E-state index is -1.57. The molecule has 3 N–H and O–H groups in total. The SMILES string of the molecule is CN(C(=O)c1ccc(F)c(F)c1)[C@@H]1OC(CO)[C@H](O)C(n2cc(-c3cccc(F)c3)nn2)C1O. The van der Waals surface area contributed by atoms with Crippen molar-refractivity contribution in [1.29, 1.82) is 0 Å². The standard InChI is InChI=1S/C22H21F3N4O5/c1-28(21(33)12-5-6-14(24)15(25)8-12)22-20(32)18(19(31)17(10-30)34-22)29-9-16(26-27-29)11-3-2-4-13(23)7-11/h2-9,17-20,22,30-32H,10H2,1H3/t17?,18?,19-,20?,22+/m0/s1. The molecule has 180 valence electrons. The first kappa shape index (κ1) is 23.8. The molecule has 0 aliphatic carbocycles. The number of aliphatic hydroxyl groups is 3. The van der Waals surface area contributed by atoms with Crippen LogP contribution in [-0.4, -0.2) is 79.3 Å². The fourth-order valence-corrected chi connectivity index (χ4v) is 3.87. The van der Waals surface area contributed by atoms with Crippen LogP contribution < -0.4 is 0 Å². The van der Waals surface area contributed by atoms with Gasteiger partial charge in [0.25, 0.3) is 5.91 Å². The van der Waals surface area contributed by atoms with E-state index in [0.717, 1.165) is 21.7 Å². The molecule has 0 radical (unpaired) electrons. The van der Waals surface area contributed by atoms with Crippen LogP contribution in [0.4, 0.5) is 13.2 Å². The molecule has 1 aliphatic heterocycles. The van der Waals surface area contributed by atoms with E-state index < -0.39 is 60.5 Å². The van der Waals surface area contributed by atoms with Crippen LogP contribution in [0.1, 0.15) is 16.4 Å². The van der Waals surface area contributed by atoms with E-state index in [4.69, 9.17) is 4.74 Å². The van der Waals surface area contributed by atoms with Crippen molar-refractivity contribution in [2.24, 2.45) is 0 Å². The molecule has 1 amide bonds. The number of aromatic nitrogens is 3. The average molecular weight is 478 g/mol. The molecular weight excluding hydrogens is 457 g/mol. The molecule has 0 saturated carbocycles. The van der Waals surface area contributed by atoms with Gasteiger partial charge in [-0.25, -0.2) is 17.9 Å². The zero-order valence-electron chi connectivity index (χ0n) is 17.8. The number of hydrogen-bond acceptors (Lipinski definition) is 7. The Morgan fingerprint density at radius 1 is 1.12 bits per heavy atom. The Hall–Kier alpha value is -3.32. The molecule has 9 nitrogen and oxygen atoms in total. The van der Waals surface area contributed by atoms with E-state index in [1.54, 1.807) is 6.07 Å². The lowest BCUT2D eigenvalue weighted by atomic mass is 9.94. The number of amides is 1. The van der Waals surface area contributed by atoms with Crippen LogP contribution in [0.2, 0.25) is 0 Å². The van der Waals surface area contributed by atoms with Crippen LogP contribution in [0.5, 0.6) is 0 Å². The summed E-state index contributed by atoms with van der Waals surface area (Å²) in [7, 11) is 1.26. The van der Waals surface area contributed by atoms with Crippen LogP contribution in [0.15, 0.2) is 48.7 Å². The van der Waals surface area contributed by atoms with Crippen molar-refractivity contribution in [1.82, 2.24) is 19.9 Å². The van der Waals surface area contributed by atoms with E-state index in [2.05, 4.69) is 10.3 Å². The molecule has 1 fully saturated rings. The van der Waals surface area contributed by atoms with Crippen LogP contribution in [0.3, 0.4) is 0 Å². The van der Waals surface area contributed by atoms with Gasteiger partial charge < -0.3 is 25.0 Å². The number of benzene rings is 2. The minimum absolute atomic E-state index is 0.199. The molecule has 12 heteroatoms. The van der Waals surface area contributed by atoms with Crippen LogP contribution in [-0.2, 0) is 4.74 Å². The predicted octanol–water partition coefficient (Wildman–Crippen LogP) is 1.11. The van der Waals surface area contributed by atoms with Crippen LogP contribution in [0, 0.1) is 17.5 Å². The van der Waals surface area contributed by atoms with Gasteiger partial charge in [-0.2, -0.15) is 0 Å². The van der Waals surface area contributed by atoms with E-state index in [0.29, 0.717) is 11.6 Å². The molecule has 3 aromatic rings. The van der Waals surface area contributed by atoms with Gasteiger partial charge in [0, 0.05) is 18.2 Å². The maximum Gasteiger partial charge on any atom is 0.255 e. The first-order valence-electron chi connectivity index (χ1n) is 10.2. The van der Waals surface area contributed by atoms with Gasteiger partial charge in [0.05, 0.1) is 12.8 Å². The maximum absolute atomic E-state index is 13.6. The van der Waals surface area contributed by atoms with Crippen molar-refractivity contribution in [2.75, 3.05) is 13.7 Å².